The van der Waals surface area contributed by atoms with Gasteiger partial charge >= 0.3 is 0 Å². The Labute approximate surface area is 226 Å². The molecule has 1 saturated heterocycles. The minimum atomic E-state index is -0.252. The normalized spacial score (nSPS) is 13.0. The maximum atomic E-state index is 12.3. The highest BCUT2D eigenvalue weighted by Gasteiger charge is 2.30. The molecule has 0 bridgehead atoms. The number of hydrogen-bond acceptors (Lipinski definition) is 6. The first-order chi connectivity index (χ1) is 18.7. The predicted molar refractivity (Wildman–Crippen MR) is 147 cm³/mol. The number of carbonyl (C=O) groups excluding carboxylic acids is 2. The van der Waals surface area contributed by atoms with Gasteiger partial charge in [-0.25, -0.2) is 0 Å². The Hall–Kier alpha value is -4.23. The largest absolute Gasteiger partial charge is 0.485 e. The van der Waals surface area contributed by atoms with Crippen LogP contribution in [-0.2, 0) is 31.2 Å². The van der Waals surface area contributed by atoms with Gasteiger partial charge in [0.2, 0.25) is 11.7 Å². The monoisotopic (exact) mass is 525 g/mol. The molecule has 0 saturated carbocycles. The van der Waals surface area contributed by atoms with Crippen LogP contribution >= 0.6 is 11.8 Å². The van der Waals surface area contributed by atoms with Crippen molar-refractivity contribution in [1.29, 1.82) is 0 Å². The topological polar surface area (TPSA) is 65.1 Å². The molecule has 6 nitrogen and oxygen atoms in total. The highest BCUT2D eigenvalue weighted by atomic mass is 32.2. The van der Waals surface area contributed by atoms with Crippen LogP contribution in [0.3, 0.4) is 0 Å². The van der Waals surface area contributed by atoms with E-state index in [0.717, 1.165) is 28.5 Å². The van der Waals surface area contributed by atoms with Crippen LogP contribution in [0.5, 0.6) is 17.2 Å². The molecule has 2 amide bonds. The number of thioether (sulfide) groups is 1. The third-order valence-corrected chi connectivity index (χ3v) is 6.82. The van der Waals surface area contributed by atoms with Crippen molar-refractivity contribution in [3.63, 3.8) is 0 Å². The van der Waals surface area contributed by atoms with Crippen molar-refractivity contribution in [2.24, 2.45) is 0 Å². The molecule has 0 aromatic heterocycles. The highest BCUT2D eigenvalue weighted by Crippen LogP contribution is 2.41. The standard InChI is InChI=1S/C31H27NO5S/c33-29-22-38-31(34)32(29)18-26-16-27(35-19-23-10-4-1-5-11-23)30(37-21-25-14-8-3-9-15-25)28(17-26)36-20-24-12-6-2-7-13-24/h1-17H,18-22H2. The van der Waals surface area contributed by atoms with Crippen molar-refractivity contribution in [3.8, 4) is 17.2 Å². The second-order valence-corrected chi connectivity index (χ2v) is 9.71. The van der Waals surface area contributed by atoms with Crippen LogP contribution in [0.1, 0.15) is 22.3 Å². The first-order valence-electron chi connectivity index (χ1n) is 12.3. The zero-order valence-electron chi connectivity index (χ0n) is 20.7. The lowest BCUT2D eigenvalue weighted by molar-refractivity contribution is -0.125. The quantitative estimate of drug-likeness (QED) is 0.219. The van der Waals surface area contributed by atoms with Crippen LogP contribution in [0.2, 0.25) is 0 Å². The van der Waals surface area contributed by atoms with Crippen LogP contribution in [0.4, 0.5) is 4.79 Å². The van der Waals surface area contributed by atoms with Gasteiger partial charge in [-0.1, -0.05) is 103 Å². The minimum Gasteiger partial charge on any atom is -0.485 e. The molecule has 4 aromatic carbocycles. The number of hydrogen-bond donors (Lipinski definition) is 0. The first kappa shape index (κ1) is 25.4. The third-order valence-electron chi connectivity index (χ3n) is 5.96. The number of rotatable bonds is 11. The molecule has 192 valence electrons. The predicted octanol–water partition coefficient (Wildman–Crippen LogP) is 6.62. The van der Waals surface area contributed by atoms with Gasteiger partial charge < -0.3 is 14.2 Å². The van der Waals surface area contributed by atoms with Crippen molar-refractivity contribution in [2.45, 2.75) is 26.4 Å². The fraction of sp³-hybridized carbons (Fsp3) is 0.161. The number of nitrogens with zero attached hydrogens (tertiary/aromatic N) is 1. The number of carbonyl (C=O) groups is 2. The Morgan fingerprint density at radius 2 is 1.05 bits per heavy atom. The van der Waals surface area contributed by atoms with Gasteiger partial charge in [0.15, 0.2) is 11.5 Å². The Bertz CT molecular complexity index is 1300. The van der Waals surface area contributed by atoms with E-state index in [1.807, 2.05) is 103 Å². The molecular formula is C31H27NO5S. The van der Waals surface area contributed by atoms with E-state index in [1.165, 1.54) is 4.90 Å². The molecule has 1 heterocycles. The molecule has 0 spiro atoms. The van der Waals surface area contributed by atoms with E-state index in [2.05, 4.69) is 0 Å². The fourth-order valence-electron chi connectivity index (χ4n) is 4.00. The van der Waals surface area contributed by atoms with Gasteiger partial charge in [0.1, 0.15) is 19.8 Å². The van der Waals surface area contributed by atoms with Crippen LogP contribution in [0, 0.1) is 0 Å². The van der Waals surface area contributed by atoms with E-state index in [1.54, 1.807) is 0 Å². The van der Waals surface area contributed by atoms with Gasteiger partial charge in [0.25, 0.3) is 5.24 Å². The number of ether oxygens (including phenoxy) is 3. The van der Waals surface area contributed by atoms with Crippen molar-refractivity contribution >= 4 is 22.9 Å². The summed E-state index contributed by atoms with van der Waals surface area (Å²) < 4.78 is 18.8. The summed E-state index contributed by atoms with van der Waals surface area (Å²) in [6.07, 6.45) is 0. The summed E-state index contributed by atoms with van der Waals surface area (Å²) in [7, 11) is 0. The molecule has 7 heteroatoms. The minimum absolute atomic E-state index is 0.132. The lowest BCUT2D eigenvalue weighted by atomic mass is 10.1. The number of amides is 2. The van der Waals surface area contributed by atoms with Gasteiger partial charge in [-0.2, -0.15) is 0 Å². The lowest BCUT2D eigenvalue weighted by Crippen LogP contribution is -2.27. The molecule has 1 aliphatic rings. The highest BCUT2D eigenvalue weighted by molar-refractivity contribution is 8.14. The summed E-state index contributed by atoms with van der Waals surface area (Å²) in [4.78, 5) is 25.8. The Morgan fingerprint density at radius 3 is 1.47 bits per heavy atom. The number of benzene rings is 4. The van der Waals surface area contributed by atoms with Crippen LogP contribution in [0.25, 0.3) is 0 Å². The van der Waals surface area contributed by atoms with E-state index in [0.29, 0.717) is 42.6 Å². The zero-order valence-corrected chi connectivity index (χ0v) is 21.6. The molecule has 0 atom stereocenters. The van der Waals surface area contributed by atoms with Crippen molar-refractivity contribution in [1.82, 2.24) is 4.90 Å². The van der Waals surface area contributed by atoms with Gasteiger partial charge in [-0.05, 0) is 34.4 Å². The van der Waals surface area contributed by atoms with Crippen LogP contribution in [-0.4, -0.2) is 21.8 Å². The molecule has 1 fully saturated rings. The Balaban J connectivity index is 1.48. The van der Waals surface area contributed by atoms with Gasteiger partial charge in [0.05, 0.1) is 12.3 Å². The maximum absolute atomic E-state index is 12.3. The molecule has 0 aliphatic carbocycles. The average molecular weight is 526 g/mol. The molecule has 38 heavy (non-hydrogen) atoms. The fourth-order valence-corrected chi connectivity index (χ4v) is 4.72. The molecular weight excluding hydrogens is 498 g/mol. The molecule has 0 unspecified atom stereocenters. The van der Waals surface area contributed by atoms with E-state index in [4.69, 9.17) is 14.2 Å². The lowest BCUT2D eigenvalue weighted by Gasteiger charge is -2.20. The van der Waals surface area contributed by atoms with E-state index in [-0.39, 0.29) is 23.4 Å². The summed E-state index contributed by atoms with van der Waals surface area (Å²) in [5.74, 6) is 1.39. The summed E-state index contributed by atoms with van der Waals surface area (Å²) in [5, 5.41) is -0.252. The Morgan fingerprint density at radius 1 is 0.605 bits per heavy atom. The van der Waals surface area contributed by atoms with Crippen molar-refractivity contribution in [2.75, 3.05) is 5.75 Å². The van der Waals surface area contributed by atoms with E-state index in [9.17, 15) is 9.59 Å². The summed E-state index contributed by atoms with van der Waals surface area (Å²) in [6.45, 7) is 1.10. The average Bonchev–Trinajstić information content (AvgIpc) is 3.28. The third kappa shape index (κ3) is 6.55. The molecule has 0 radical (unpaired) electrons. The molecule has 5 rings (SSSR count). The first-order valence-corrected chi connectivity index (χ1v) is 13.3. The second kappa shape index (κ2) is 12.3. The van der Waals surface area contributed by atoms with Crippen molar-refractivity contribution < 1.29 is 23.8 Å². The second-order valence-electron chi connectivity index (χ2n) is 8.78. The van der Waals surface area contributed by atoms with Crippen LogP contribution in [0.15, 0.2) is 103 Å². The van der Waals surface area contributed by atoms with E-state index >= 15 is 0 Å². The van der Waals surface area contributed by atoms with Crippen molar-refractivity contribution in [3.05, 3.63) is 125 Å². The molecule has 0 N–H and O–H groups in total. The SMILES string of the molecule is O=C1CSC(=O)N1Cc1cc(OCc2ccccc2)c(OCc2ccccc2)c(OCc2ccccc2)c1. The van der Waals surface area contributed by atoms with Gasteiger partial charge in [0, 0.05) is 0 Å². The number of imide groups is 1. The van der Waals surface area contributed by atoms with Gasteiger partial charge in [-0.15, -0.1) is 0 Å². The van der Waals surface area contributed by atoms with Crippen LogP contribution < -0.4 is 14.2 Å². The summed E-state index contributed by atoms with van der Waals surface area (Å²) in [5.41, 5.74) is 3.72. The summed E-state index contributed by atoms with van der Waals surface area (Å²) in [6, 6.07) is 33.2. The molecule has 4 aromatic rings. The Kier molecular flexibility index (Phi) is 8.26. The van der Waals surface area contributed by atoms with E-state index < -0.39 is 0 Å². The molecule has 1 aliphatic heterocycles. The zero-order chi connectivity index (χ0) is 26.2. The maximum Gasteiger partial charge on any atom is 0.289 e. The van der Waals surface area contributed by atoms with Gasteiger partial charge in [-0.3, -0.25) is 14.5 Å². The smallest absolute Gasteiger partial charge is 0.289 e. The summed E-state index contributed by atoms with van der Waals surface area (Å²) >= 11 is 1.02.